The van der Waals surface area contributed by atoms with Gasteiger partial charge in [-0.1, -0.05) is 13.8 Å². The van der Waals surface area contributed by atoms with Crippen molar-refractivity contribution in [2.45, 2.75) is 26.4 Å². The van der Waals surface area contributed by atoms with Gasteiger partial charge in [0.2, 0.25) is 0 Å². The number of aliphatic hydroxyl groups excluding tert-OH is 1. The molecule has 0 saturated heterocycles. The van der Waals surface area contributed by atoms with E-state index in [-0.39, 0.29) is 12.2 Å². The van der Waals surface area contributed by atoms with Gasteiger partial charge in [-0.25, -0.2) is 0 Å². The third kappa shape index (κ3) is 4.75. The number of anilines is 1. The molecule has 0 aliphatic heterocycles. The molecule has 0 fully saturated rings. The lowest BCUT2D eigenvalue weighted by molar-refractivity contribution is -0.384. The highest BCUT2D eigenvalue weighted by Gasteiger charge is 2.15. The number of hydrogen-bond donors (Lipinski definition) is 2. The number of nitro groups is 1. The van der Waals surface area contributed by atoms with Crippen LogP contribution < -0.4 is 10.1 Å². The van der Waals surface area contributed by atoms with Gasteiger partial charge in [-0.15, -0.1) is 0 Å². The maximum Gasteiger partial charge on any atom is 0.292 e. The number of aliphatic hydroxyl groups is 1. The summed E-state index contributed by atoms with van der Waals surface area (Å²) >= 11 is 0. The van der Waals surface area contributed by atoms with Crippen molar-refractivity contribution in [3.05, 3.63) is 28.3 Å². The van der Waals surface area contributed by atoms with Crippen LogP contribution in [-0.2, 0) is 0 Å². The maximum absolute atomic E-state index is 10.9. The van der Waals surface area contributed by atoms with Crippen molar-refractivity contribution in [3.63, 3.8) is 0 Å². The SMILES string of the molecule is COc1ccc([N+](=O)[O-])c(NCC(O)CC(C)C)c1. The Kier molecular flexibility index (Phi) is 5.57. The summed E-state index contributed by atoms with van der Waals surface area (Å²) in [6, 6.07) is 4.48. The van der Waals surface area contributed by atoms with Gasteiger partial charge in [-0.05, 0) is 18.4 Å². The smallest absolute Gasteiger partial charge is 0.292 e. The zero-order chi connectivity index (χ0) is 14.4. The van der Waals surface area contributed by atoms with Gasteiger partial charge in [0.1, 0.15) is 11.4 Å². The Morgan fingerprint density at radius 1 is 1.47 bits per heavy atom. The molecule has 0 radical (unpaired) electrons. The van der Waals surface area contributed by atoms with Gasteiger partial charge in [0.25, 0.3) is 5.69 Å². The van der Waals surface area contributed by atoms with Crippen LogP contribution in [0.4, 0.5) is 11.4 Å². The molecule has 0 bridgehead atoms. The van der Waals surface area contributed by atoms with Crippen LogP contribution in [0, 0.1) is 16.0 Å². The van der Waals surface area contributed by atoms with E-state index < -0.39 is 11.0 Å². The van der Waals surface area contributed by atoms with Gasteiger partial charge in [-0.3, -0.25) is 10.1 Å². The standard InChI is InChI=1S/C13H20N2O4/c1-9(2)6-10(16)8-14-12-7-11(19-3)4-5-13(12)15(17)18/h4-5,7,9-10,14,16H,6,8H2,1-3H3. The third-order valence-electron chi connectivity index (χ3n) is 2.67. The second-order valence-corrected chi connectivity index (χ2v) is 4.80. The molecule has 0 amide bonds. The topological polar surface area (TPSA) is 84.6 Å². The molecule has 1 aromatic carbocycles. The van der Waals surface area contributed by atoms with Crippen LogP contribution in [0.25, 0.3) is 0 Å². The molecule has 0 saturated carbocycles. The van der Waals surface area contributed by atoms with Crippen LogP contribution in [-0.4, -0.2) is 29.8 Å². The van der Waals surface area contributed by atoms with E-state index in [1.165, 1.54) is 19.2 Å². The van der Waals surface area contributed by atoms with Gasteiger partial charge in [0.05, 0.1) is 18.1 Å². The largest absolute Gasteiger partial charge is 0.497 e. The molecule has 1 rings (SSSR count). The van der Waals surface area contributed by atoms with E-state index >= 15 is 0 Å². The van der Waals surface area contributed by atoms with Crippen molar-refractivity contribution in [2.75, 3.05) is 19.0 Å². The number of nitrogens with one attached hydrogen (secondary N) is 1. The van der Waals surface area contributed by atoms with Gasteiger partial charge < -0.3 is 15.2 Å². The molecule has 0 spiro atoms. The average molecular weight is 268 g/mol. The first-order valence-electron chi connectivity index (χ1n) is 6.18. The minimum absolute atomic E-state index is 0.0300. The molecule has 2 N–H and O–H groups in total. The van der Waals surface area contributed by atoms with E-state index in [0.29, 0.717) is 23.8 Å². The normalized spacial score (nSPS) is 12.3. The second-order valence-electron chi connectivity index (χ2n) is 4.80. The Balaban J connectivity index is 2.77. The van der Waals surface area contributed by atoms with Crippen LogP contribution >= 0.6 is 0 Å². The first-order chi connectivity index (χ1) is 8.93. The molecule has 0 aromatic heterocycles. The highest BCUT2D eigenvalue weighted by molar-refractivity contribution is 5.64. The number of ether oxygens (including phenoxy) is 1. The fourth-order valence-corrected chi connectivity index (χ4v) is 1.80. The molecule has 106 valence electrons. The van der Waals surface area contributed by atoms with Crippen LogP contribution in [0.5, 0.6) is 5.75 Å². The molecule has 0 heterocycles. The molecule has 1 aromatic rings. The fraction of sp³-hybridized carbons (Fsp3) is 0.538. The van der Waals surface area contributed by atoms with Crippen LogP contribution in [0.15, 0.2) is 18.2 Å². The minimum atomic E-state index is -0.536. The monoisotopic (exact) mass is 268 g/mol. The minimum Gasteiger partial charge on any atom is -0.497 e. The summed E-state index contributed by atoms with van der Waals surface area (Å²) in [4.78, 5) is 10.4. The summed E-state index contributed by atoms with van der Waals surface area (Å²) in [5.74, 6) is 0.906. The quantitative estimate of drug-likeness (QED) is 0.586. The highest BCUT2D eigenvalue weighted by atomic mass is 16.6. The molecule has 0 aliphatic rings. The summed E-state index contributed by atoms with van der Waals surface area (Å²) in [5.41, 5.74) is 0.324. The van der Waals surface area contributed by atoms with Crippen LogP contribution in [0.1, 0.15) is 20.3 Å². The lowest BCUT2D eigenvalue weighted by Gasteiger charge is -2.15. The molecular weight excluding hydrogens is 248 g/mol. The van der Waals surface area contributed by atoms with Gasteiger partial charge in [0.15, 0.2) is 0 Å². The number of methoxy groups -OCH3 is 1. The Hall–Kier alpha value is -1.82. The zero-order valence-electron chi connectivity index (χ0n) is 11.4. The Morgan fingerprint density at radius 3 is 2.68 bits per heavy atom. The molecule has 19 heavy (non-hydrogen) atoms. The number of rotatable bonds is 7. The highest BCUT2D eigenvalue weighted by Crippen LogP contribution is 2.28. The summed E-state index contributed by atoms with van der Waals surface area (Å²) in [6.45, 7) is 4.29. The van der Waals surface area contributed by atoms with Crippen molar-refractivity contribution in [2.24, 2.45) is 5.92 Å². The molecular formula is C13H20N2O4. The van der Waals surface area contributed by atoms with Crippen molar-refractivity contribution in [1.82, 2.24) is 0 Å². The van der Waals surface area contributed by atoms with Crippen LogP contribution in [0.3, 0.4) is 0 Å². The predicted molar refractivity (Wildman–Crippen MR) is 73.6 cm³/mol. The Morgan fingerprint density at radius 2 is 2.16 bits per heavy atom. The summed E-state index contributed by atoms with van der Waals surface area (Å²) in [5, 5.41) is 23.6. The maximum atomic E-state index is 10.9. The number of hydrogen-bond acceptors (Lipinski definition) is 5. The van der Waals surface area contributed by atoms with E-state index in [1.54, 1.807) is 6.07 Å². The Bertz CT molecular complexity index is 435. The van der Waals surface area contributed by atoms with Crippen LogP contribution in [0.2, 0.25) is 0 Å². The lowest BCUT2D eigenvalue weighted by atomic mass is 10.1. The summed E-state index contributed by atoms with van der Waals surface area (Å²) < 4.78 is 5.04. The molecule has 1 atom stereocenters. The van der Waals surface area contributed by atoms with Gasteiger partial charge in [-0.2, -0.15) is 0 Å². The third-order valence-corrected chi connectivity index (χ3v) is 2.67. The molecule has 1 unspecified atom stereocenters. The first-order valence-corrected chi connectivity index (χ1v) is 6.18. The van der Waals surface area contributed by atoms with Crippen molar-refractivity contribution in [1.29, 1.82) is 0 Å². The zero-order valence-corrected chi connectivity index (χ0v) is 11.4. The van der Waals surface area contributed by atoms with E-state index in [2.05, 4.69) is 5.32 Å². The average Bonchev–Trinajstić information content (AvgIpc) is 2.34. The number of benzene rings is 1. The van der Waals surface area contributed by atoms with E-state index in [1.807, 2.05) is 13.8 Å². The molecule has 0 aliphatic carbocycles. The summed E-state index contributed by atoms with van der Waals surface area (Å²) in [6.07, 6.45) is 0.107. The second kappa shape index (κ2) is 6.94. The lowest BCUT2D eigenvalue weighted by Crippen LogP contribution is -2.21. The Labute approximate surface area is 112 Å². The van der Waals surface area contributed by atoms with Crippen molar-refractivity contribution in [3.8, 4) is 5.75 Å². The van der Waals surface area contributed by atoms with Gasteiger partial charge >= 0.3 is 0 Å². The summed E-state index contributed by atoms with van der Waals surface area (Å²) in [7, 11) is 1.50. The number of nitrogens with zero attached hydrogens (tertiary/aromatic N) is 1. The van der Waals surface area contributed by atoms with E-state index in [0.717, 1.165) is 0 Å². The van der Waals surface area contributed by atoms with E-state index in [4.69, 9.17) is 4.74 Å². The first kappa shape index (κ1) is 15.2. The fourth-order valence-electron chi connectivity index (χ4n) is 1.80. The molecule has 6 heteroatoms. The predicted octanol–water partition coefficient (Wildman–Crippen LogP) is 2.42. The number of nitro benzene ring substituents is 1. The van der Waals surface area contributed by atoms with Crippen molar-refractivity contribution < 1.29 is 14.8 Å². The van der Waals surface area contributed by atoms with E-state index in [9.17, 15) is 15.2 Å². The van der Waals surface area contributed by atoms with Gasteiger partial charge in [0, 0.05) is 18.7 Å². The molecule has 6 nitrogen and oxygen atoms in total. The van der Waals surface area contributed by atoms with Crippen molar-refractivity contribution >= 4 is 11.4 Å².